The van der Waals surface area contributed by atoms with E-state index in [0.29, 0.717) is 19.0 Å². The Morgan fingerprint density at radius 2 is 2.14 bits per heavy atom. The van der Waals surface area contributed by atoms with Crippen LogP contribution in [0.4, 0.5) is 0 Å². The molecule has 1 N–H and O–H groups in total. The van der Waals surface area contributed by atoms with Gasteiger partial charge in [0.2, 0.25) is 0 Å². The normalized spacial score (nSPS) is 14.2. The van der Waals surface area contributed by atoms with Crippen LogP contribution in [0.15, 0.2) is 0 Å². The van der Waals surface area contributed by atoms with E-state index in [4.69, 9.17) is 16.3 Å². The van der Waals surface area contributed by atoms with Gasteiger partial charge in [-0.05, 0) is 6.42 Å². The molecule has 14 heavy (non-hydrogen) atoms. The fourth-order valence-electron chi connectivity index (χ4n) is 1.03. The second kappa shape index (κ2) is 7.45. The zero-order valence-electron chi connectivity index (χ0n) is 8.62. The van der Waals surface area contributed by atoms with Gasteiger partial charge in [-0.2, -0.15) is 0 Å². The van der Waals surface area contributed by atoms with E-state index in [-0.39, 0.29) is 11.8 Å². The first-order valence-corrected chi connectivity index (χ1v) is 7.05. The summed E-state index contributed by atoms with van der Waals surface area (Å²) in [6.45, 7) is 1.00. The molecule has 0 saturated carbocycles. The van der Waals surface area contributed by atoms with E-state index in [2.05, 4.69) is 5.32 Å². The van der Waals surface area contributed by atoms with Gasteiger partial charge in [-0.3, -0.25) is 0 Å². The van der Waals surface area contributed by atoms with Crippen molar-refractivity contribution in [2.24, 2.45) is 0 Å². The number of hydrogen-bond acceptors (Lipinski definition) is 4. The molecule has 0 aliphatic rings. The number of methoxy groups -OCH3 is 1. The molecule has 0 saturated heterocycles. The molecule has 0 aromatic heterocycles. The summed E-state index contributed by atoms with van der Waals surface area (Å²) in [5.74, 6) is 0.690. The van der Waals surface area contributed by atoms with Crippen LogP contribution in [0.2, 0.25) is 0 Å². The highest BCUT2D eigenvalue weighted by atomic mass is 35.5. The SMILES string of the molecule is COCC(CCCl)NCCS(C)(=O)=O. The third-order valence-corrected chi connectivity index (χ3v) is 2.90. The molecule has 1 unspecified atom stereocenters. The topological polar surface area (TPSA) is 55.4 Å². The van der Waals surface area contributed by atoms with Crippen molar-refractivity contribution in [2.75, 3.05) is 38.2 Å². The van der Waals surface area contributed by atoms with Crippen molar-refractivity contribution in [1.82, 2.24) is 5.32 Å². The first kappa shape index (κ1) is 14.2. The van der Waals surface area contributed by atoms with E-state index < -0.39 is 9.84 Å². The van der Waals surface area contributed by atoms with Crippen LogP contribution in [-0.2, 0) is 14.6 Å². The number of ether oxygens (including phenoxy) is 1. The Kier molecular flexibility index (Phi) is 7.54. The summed E-state index contributed by atoms with van der Waals surface area (Å²) in [5, 5.41) is 3.09. The predicted octanol–water partition coefficient (Wildman–Crippen LogP) is 0.265. The van der Waals surface area contributed by atoms with Crippen molar-refractivity contribution in [3.05, 3.63) is 0 Å². The summed E-state index contributed by atoms with van der Waals surface area (Å²) in [5.41, 5.74) is 0. The molecule has 0 bridgehead atoms. The van der Waals surface area contributed by atoms with Crippen LogP contribution in [-0.4, -0.2) is 52.6 Å². The standard InChI is InChI=1S/C8H18ClNO3S/c1-13-7-8(3-4-9)10-5-6-14(2,11)12/h8,10H,3-7H2,1-2H3. The van der Waals surface area contributed by atoms with Crippen molar-refractivity contribution in [2.45, 2.75) is 12.5 Å². The third kappa shape index (κ3) is 8.74. The second-order valence-corrected chi connectivity index (χ2v) is 5.85. The van der Waals surface area contributed by atoms with Crippen LogP contribution in [0.1, 0.15) is 6.42 Å². The minimum atomic E-state index is -2.89. The Hall–Kier alpha value is 0.160. The van der Waals surface area contributed by atoms with Gasteiger partial charge >= 0.3 is 0 Å². The quantitative estimate of drug-likeness (QED) is 0.622. The minimum Gasteiger partial charge on any atom is -0.383 e. The van der Waals surface area contributed by atoms with Crippen LogP contribution in [0.5, 0.6) is 0 Å². The zero-order valence-corrected chi connectivity index (χ0v) is 10.2. The van der Waals surface area contributed by atoms with Crippen LogP contribution >= 0.6 is 11.6 Å². The third-order valence-electron chi connectivity index (χ3n) is 1.73. The average molecular weight is 244 g/mol. The molecular weight excluding hydrogens is 226 g/mol. The van der Waals surface area contributed by atoms with E-state index in [1.165, 1.54) is 6.26 Å². The number of halogens is 1. The van der Waals surface area contributed by atoms with Gasteiger partial charge in [0.05, 0.1) is 12.4 Å². The summed E-state index contributed by atoms with van der Waals surface area (Å²) in [6, 6.07) is 0.138. The number of hydrogen-bond donors (Lipinski definition) is 1. The van der Waals surface area contributed by atoms with E-state index in [1.54, 1.807) is 7.11 Å². The summed E-state index contributed by atoms with van der Waals surface area (Å²) in [7, 11) is -1.28. The lowest BCUT2D eigenvalue weighted by Crippen LogP contribution is -2.36. The van der Waals surface area contributed by atoms with Crippen molar-refractivity contribution in [3.63, 3.8) is 0 Å². The molecule has 0 amide bonds. The fraction of sp³-hybridized carbons (Fsp3) is 1.00. The minimum absolute atomic E-state index is 0.138. The molecular formula is C8H18ClNO3S. The Bertz CT molecular complexity index is 225. The lowest BCUT2D eigenvalue weighted by Gasteiger charge is -2.16. The summed E-state index contributed by atoms with van der Waals surface area (Å²) >= 11 is 5.59. The van der Waals surface area contributed by atoms with E-state index in [1.807, 2.05) is 0 Å². The van der Waals surface area contributed by atoms with Gasteiger partial charge in [-0.1, -0.05) is 0 Å². The highest BCUT2D eigenvalue weighted by Crippen LogP contribution is 1.95. The lowest BCUT2D eigenvalue weighted by molar-refractivity contribution is 0.166. The number of rotatable bonds is 8. The average Bonchev–Trinajstić information content (AvgIpc) is 2.02. The first-order valence-electron chi connectivity index (χ1n) is 4.45. The molecule has 86 valence electrons. The second-order valence-electron chi connectivity index (χ2n) is 3.21. The monoisotopic (exact) mass is 243 g/mol. The molecule has 4 nitrogen and oxygen atoms in total. The Morgan fingerprint density at radius 1 is 1.50 bits per heavy atom. The highest BCUT2D eigenvalue weighted by Gasteiger charge is 2.08. The van der Waals surface area contributed by atoms with Crippen LogP contribution in [0.25, 0.3) is 0 Å². The molecule has 0 rings (SSSR count). The van der Waals surface area contributed by atoms with Gasteiger partial charge in [0.25, 0.3) is 0 Å². The maximum atomic E-state index is 10.8. The molecule has 0 aliphatic carbocycles. The van der Waals surface area contributed by atoms with E-state index >= 15 is 0 Å². The smallest absolute Gasteiger partial charge is 0.148 e. The number of alkyl halides is 1. The maximum absolute atomic E-state index is 10.8. The molecule has 0 radical (unpaired) electrons. The molecule has 0 spiro atoms. The number of sulfone groups is 1. The molecule has 0 heterocycles. The molecule has 0 aromatic rings. The fourth-order valence-corrected chi connectivity index (χ4v) is 1.78. The predicted molar refractivity (Wildman–Crippen MR) is 58.7 cm³/mol. The lowest BCUT2D eigenvalue weighted by atomic mass is 10.2. The summed E-state index contributed by atoms with van der Waals surface area (Å²) < 4.78 is 26.6. The van der Waals surface area contributed by atoms with Crippen molar-refractivity contribution < 1.29 is 13.2 Å². The molecule has 0 fully saturated rings. The highest BCUT2D eigenvalue weighted by molar-refractivity contribution is 7.90. The molecule has 1 atom stereocenters. The molecule has 6 heteroatoms. The van der Waals surface area contributed by atoms with Gasteiger partial charge in [-0.25, -0.2) is 8.42 Å². The maximum Gasteiger partial charge on any atom is 0.148 e. The Morgan fingerprint density at radius 3 is 2.57 bits per heavy atom. The Balaban J connectivity index is 3.70. The van der Waals surface area contributed by atoms with Crippen LogP contribution in [0.3, 0.4) is 0 Å². The molecule has 0 aliphatic heterocycles. The first-order chi connectivity index (χ1) is 6.49. The van der Waals surface area contributed by atoms with Crippen molar-refractivity contribution in [3.8, 4) is 0 Å². The summed E-state index contributed by atoms with van der Waals surface area (Å²) in [4.78, 5) is 0. The molecule has 0 aromatic carbocycles. The van der Waals surface area contributed by atoms with E-state index in [0.717, 1.165) is 6.42 Å². The van der Waals surface area contributed by atoms with Crippen LogP contribution in [0, 0.1) is 0 Å². The number of nitrogens with one attached hydrogen (secondary N) is 1. The van der Waals surface area contributed by atoms with E-state index in [9.17, 15) is 8.42 Å². The van der Waals surface area contributed by atoms with Crippen LogP contribution < -0.4 is 5.32 Å². The van der Waals surface area contributed by atoms with Gasteiger partial charge in [0.15, 0.2) is 0 Å². The zero-order chi connectivity index (χ0) is 11.0. The van der Waals surface area contributed by atoms with Gasteiger partial charge in [-0.15, -0.1) is 11.6 Å². The van der Waals surface area contributed by atoms with Gasteiger partial charge in [0, 0.05) is 31.8 Å². The Labute approximate surface area is 90.9 Å². The van der Waals surface area contributed by atoms with Gasteiger partial charge in [0.1, 0.15) is 9.84 Å². The van der Waals surface area contributed by atoms with Gasteiger partial charge < -0.3 is 10.1 Å². The largest absolute Gasteiger partial charge is 0.383 e. The van der Waals surface area contributed by atoms with Crippen molar-refractivity contribution >= 4 is 21.4 Å². The summed E-state index contributed by atoms with van der Waals surface area (Å²) in [6.07, 6.45) is 2.00. The van der Waals surface area contributed by atoms with Crippen molar-refractivity contribution in [1.29, 1.82) is 0 Å².